The number of piperidine rings is 1. The number of esters is 1. The Morgan fingerprint density at radius 1 is 1.03 bits per heavy atom. The van der Waals surface area contributed by atoms with Crippen LogP contribution in [0.5, 0.6) is 0 Å². The summed E-state index contributed by atoms with van der Waals surface area (Å²) < 4.78 is 6.09. The van der Waals surface area contributed by atoms with Crippen LogP contribution in [-0.2, 0) is 14.3 Å². The fourth-order valence-corrected chi connectivity index (χ4v) is 9.85. The summed E-state index contributed by atoms with van der Waals surface area (Å²) in [5.41, 5.74) is 2.01. The number of hydrogen-bond acceptors (Lipinski definition) is 3. The van der Waals surface area contributed by atoms with Crippen molar-refractivity contribution in [2.45, 2.75) is 111 Å². The summed E-state index contributed by atoms with van der Waals surface area (Å²) in [6, 6.07) is 0. The third-order valence-electron chi connectivity index (χ3n) is 11.7. The molecule has 0 aromatic carbocycles. The van der Waals surface area contributed by atoms with E-state index in [2.05, 4.69) is 33.8 Å². The van der Waals surface area contributed by atoms with Gasteiger partial charge in [-0.3, -0.25) is 9.59 Å². The monoisotopic (exact) mass is 519 g/mol. The van der Waals surface area contributed by atoms with Gasteiger partial charge in [0.05, 0.1) is 26.1 Å². The molecule has 5 aliphatic rings. The quantitative estimate of drug-likeness (QED) is 0.566. The van der Waals surface area contributed by atoms with Crippen molar-refractivity contribution in [2.24, 2.45) is 39.9 Å². The van der Waals surface area contributed by atoms with Crippen molar-refractivity contribution in [3.8, 4) is 0 Å². The SMILES string of the molecule is CC(=O)C1=CCC2C3CC[C@H]4CC(OC(=O)CC[NH+]5CCCC(C)(C)C5)CCC4(C)C3CCC12C.[Cl-]. The van der Waals surface area contributed by atoms with Crippen molar-refractivity contribution in [1.29, 1.82) is 0 Å². The molecule has 1 heterocycles. The zero-order valence-corrected chi connectivity index (χ0v) is 24.2. The number of quaternary nitrogens is 1. The highest BCUT2D eigenvalue weighted by Crippen LogP contribution is 2.66. The summed E-state index contributed by atoms with van der Waals surface area (Å²) in [5, 5.41) is 0. The maximum absolute atomic E-state index is 12.8. The number of likely N-dealkylation sites (tertiary alicyclic amines) is 1. The topological polar surface area (TPSA) is 47.8 Å². The predicted octanol–water partition coefficient (Wildman–Crippen LogP) is 2.17. The molecular weight excluding hydrogens is 470 g/mol. The van der Waals surface area contributed by atoms with Gasteiger partial charge in [0.15, 0.2) is 5.78 Å². The highest BCUT2D eigenvalue weighted by molar-refractivity contribution is 5.95. The van der Waals surface area contributed by atoms with Crippen LogP contribution in [0.25, 0.3) is 0 Å². The molecule has 8 atom stereocenters. The molecule has 0 aromatic heterocycles. The molecule has 5 rings (SSSR count). The molecule has 0 aromatic rings. The molecule has 5 heteroatoms. The van der Waals surface area contributed by atoms with Crippen molar-refractivity contribution in [1.82, 2.24) is 0 Å². The van der Waals surface area contributed by atoms with Crippen LogP contribution in [0.15, 0.2) is 11.6 Å². The summed E-state index contributed by atoms with van der Waals surface area (Å²) in [6.07, 6.45) is 14.9. The molecule has 4 fully saturated rings. The van der Waals surface area contributed by atoms with Gasteiger partial charge in [0, 0.05) is 5.41 Å². The number of Topliss-reactive ketones (excluding diaryl/α,β-unsaturated/α-hetero) is 1. The number of fused-ring (bicyclic) bond motifs is 5. The van der Waals surface area contributed by atoms with E-state index >= 15 is 0 Å². The van der Waals surface area contributed by atoms with Crippen LogP contribution in [0.2, 0.25) is 0 Å². The Labute approximate surface area is 225 Å². The maximum Gasteiger partial charge on any atom is 0.311 e. The molecule has 0 bridgehead atoms. The number of allylic oxidation sites excluding steroid dienone is 2. The van der Waals surface area contributed by atoms with Crippen LogP contribution in [0.4, 0.5) is 0 Å². The number of carbonyl (C=O) groups is 2. The zero-order valence-electron chi connectivity index (χ0n) is 23.5. The van der Waals surface area contributed by atoms with Crippen molar-refractivity contribution >= 4 is 11.8 Å². The van der Waals surface area contributed by atoms with Crippen LogP contribution in [0.3, 0.4) is 0 Å². The summed E-state index contributed by atoms with van der Waals surface area (Å²) in [6.45, 7) is 14.7. The first-order valence-electron chi connectivity index (χ1n) is 14.8. The molecule has 0 amide bonds. The normalized spacial score (nSPS) is 43.2. The minimum atomic E-state index is 0. The Bertz CT molecular complexity index is 883. The van der Waals surface area contributed by atoms with Gasteiger partial charge < -0.3 is 22.0 Å². The lowest BCUT2D eigenvalue weighted by molar-refractivity contribution is -0.911. The number of nitrogens with one attached hydrogen (secondary N) is 1. The van der Waals surface area contributed by atoms with E-state index in [0.29, 0.717) is 34.9 Å². The van der Waals surface area contributed by atoms with Gasteiger partial charge in [-0.15, -0.1) is 0 Å². The average Bonchev–Trinajstić information content (AvgIpc) is 3.15. The number of rotatable bonds is 5. The smallest absolute Gasteiger partial charge is 0.311 e. The van der Waals surface area contributed by atoms with E-state index in [9.17, 15) is 9.59 Å². The minimum absolute atomic E-state index is 0. The van der Waals surface area contributed by atoms with E-state index in [1.165, 1.54) is 58.0 Å². The van der Waals surface area contributed by atoms with E-state index in [0.717, 1.165) is 43.2 Å². The fourth-order valence-electron chi connectivity index (χ4n) is 9.85. The third kappa shape index (κ3) is 5.07. The molecule has 0 spiro atoms. The molecular formula is C31H50ClNO3. The van der Waals surface area contributed by atoms with E-state index in [1.807, 2.05) is 0 Å². The van der Waals surface area contributed by atoms with Gasteiger partial charge >= 0.3 is 5.97 Å². The Kier molecular flexibility index (Phi) is 8.10. The zero-order chi connectivity index (χ0) is 25.0. The average molecular weight is 520 g/mol. The number of hydrogen-bond donors (Lipinski definition) is 1. The Balaban J connectivity index is 0.00000304. The lowest BCUT2D eigenvalue weighted by Crippen LogP contribution is -3.14. The summed E-state index contributed by atoms with van der Waals surface area (Å²) in [7, 11) is 0. The number of carbonyl (C=O) groups excluding carboxylic acids is 2. The first-order chi connectivity index (χ1) is 16.5. The van der Waals surface area contributed by atoms with Gasteiger partial charge in [-0.25, -0.2) is 0 Å². The second kappa shape index (κ2) is 10.4. The molecule has 0 radical (unpaired) electrons. The van der Waals surface area contributed by atoms with Gasteiger partial charge in [0.1, 0.15) is 6.10 Å². The van der Waals surface area contributed by atoms with Crippen molar-refractivity contribution in [3.05, 3.63) is 11.6 Å². The predicted molar refractivity (Wildman–Crippen MR) is 139 cm³/mol. The van der Waals surface area contributed by atoms with Crippen LogP contribution in [0.1, 0.15) is 105 Å². The Hall–Kier alpha value is -0.870. The Morgan fingerprint density at radius 3 is 2.53 bits per heavy atom. The summed E-state index contributed by atoms with van der Waals surface area (Å²) >= 11 is 0. The molecule has 1 aliphatic heterocycles. The lowest BCUT2D eigenvalue weighted by Gasteiger charge is -2.60. The van der Waals surface area contributed by atoms with E-state index in [-0.39, 0.29) is 29.9 Å². The van der Waals surface area contributed by atoms with E-state index < -0.39 is 0 Å². The number of ketones is 1. The highest BCUT2D eigenvalue weighted by atomic mass is 35.5. The molecule has 204 valence electrons. The number of halogens is 1. The highest BCUT2D eigenvalue weighted by Gasteiger charge is 2.59. The molecule has 1 N–H and O–H groups in total. The van der Waals surface area contributed by atoms with E-state index in [4.69, 9.17) is 4.74 Å². The second-order valence-electron chi connectivity index (χ2n) is 14.4. The second-order valence-corrected chi connectivity index (χ2v) is 14.4. The maximum atomic E-state index is 12.8. The van der Waals surface area contributed by atoms with Gasteiger partial charge in [0.2, 0.25) is 0 Å². The minimum Gasteiger partial charge on any atom is -1.00 e. The molecule has 1 saturated heterocycles. The molecule has 7 unspecified atom stereocenters. The van der Waals surface area contributed by atoms with Crippen LogP contribution in [-0.4, -0.2) is 37.5 Å². The van der Waals surface area contributed by atoms with Crippen LogP contribution < -0.4 is 17.3 Å². The van der Waals surface area contributed by atoms with Crippen molar-refractivity contribution in [2.75, 3.05) is 19.6 Å². The number of ether oxygens (including phenoxy) is 1. The van der Waals surface area contributed by atoms with Crippen molar-refractivity contribution in [3.63, 3.8) is 0 Å². The molecule has 4 nitrogen and oxygen atoms in total. The fraction of sp³-hybridized carbons (Fsp3) is 0.871. The van der Waals surface area contributed by atoms with Gasteiger partial charge in [-0.1, -0.05) is 33.8 Å². The van der Waals surface area contributed by atoms with Crippen LogP contribution >= 0.6 is 0 Å². The first-order valence-corrected chi connectivity index (χ1v) is 14.8. The molecule has 3 saturated carbocycles. The lowest BCUT2D eigenvalue weighted by atomic mass is 9.44. The molecule has 4 aliphatic carbocycles. The van der Waals surface area contributed by atoms with Gasteiger partial charge in [-0.2, -0.15) is 0 Å². The summed E-state index contributed by atoms with van der Waals surface area (Å²) in [5.74, 6) is 3.16. The largest absolute Gasteiger partial charge is 1.00 e. The van der Waals surface area contributed by atoms with Gasteiger partial charge in [-0.05, 0) is 111 Å². The summed E-state index contributed by atoms with van der Waals surface area (Å²) in [4.78, 5) is 26.7. The van der Waals surface area contributed by atoms with Crippen LogP contribution in [0, 0.1) is 39.9 Å². The van der Waals surface area contributed by atoms with Crippen molar-refractivity contribution < 1.29 is 31.6 Å². The van der Waals surface area contributed by atoms with Gasteiger partial charge in [0.25, 0.3) is 0 Å². The Morgan fingerprint density at radius 2 is 1.81 bits per heavy atom. The van der Waals surface area contributed by atoms with E-state index in [1.54, 1.807) is 11.8 Å². The standard InChI is InChI=1S/C31H49NO3.ClH/c1-21(33)25-9-10-26-24-8-7-22-19-23(11-15-30(22,4)27(24)12-16-31(25,26)5)35-28(34)13-18-32-17-6-14-29(2,3)20-32;/h9,22-24,26-27H,6-8,10-20H2,1-5H3;1H/t22-,23?,24?,26?,27?,30?,31?;/m0./s1. The molecule has 36 heavy (non-hydrogen) atoms. The third-order valence-corrected chi connectivity index (χ3v) is 11.7. The first kappa shape index (κ1) is 28.1.